The molecule has 0 saturated carbocycles. The van der Waals surface area contributed by atoms with Gasteiger partial charge in [-0.2, -0.15) is 0 Å². The Bertz CT molecular complexity index is 770. The van der Waals surface area contributed by atoms with Gasteiger partial charge in [-0.05, 0) is 51.3 Å². The van der Waals surface area contributed by atoms with Gasteiger partial charge in [-0.15, -0.1) is 0 Å². The Morgan fingerprint density at radius 1 is 1.35 bits per heavy atom. The second kappa shape index (κ2) is 5.41. The van der Waals surface area contributed by atoms with E-state index in [1.165, 1.54) is 10.5 Å². The lowest BCUT2D eigenvalue weighted by atomic mass is 9.96. The Balaban J connectivity index is 1.81. The predicted molar refractivity (Wildman–Crippen MR) is 88.3 cm³/mol. The van der Waals surface area contributed by atoms with Crippen molar-refractivity contribution in [2.45, 2.75) is 45.6 Å². The largest absolute Gasteiger partial charge is 0.443 e. The molecule has 0 spiro atoms. The third-order valence-electron chi connectivity index (χ3n) is 4.13. The van der Waals surface area contributed by atoms with Crippen LogP contribution in [0.3, 0.4) is 0 Å². The van der Waals surface area contributed by atoms with Gasteiger partial charge < -0.3 is 9.72 Å². The van der Waals surface area contributed by atoms with Gasteiger partial charge in [0.05, 0.1) is 5.92 Å². The maximum Gasteiger partial charge on any atom is 0.417 e. The zero-order valence-corrected chi connectivity index (χ0v) is 14.0. The number of carbonyl (C=O) groups excluding carboxylic acids is 2. The number of nitrogens with one attached hydrogen (secondary N) is 1. The first-order chi connectivity index (χ1) is 10.8. The van der Waals surface area contributed by atoms with Crippen molar-refractivity contribution in [3.63, 3.8) is 0 Å². The maximum absolute atomic E-state index is 12.6. The molecular weight excluding hydrogens is 292 g/mol. The second-order valence-corrected chi connectivity index (χ2v) is 7.09. The van der Waals surface area contributed by atoms with Crippen molar-refractivity contribution in [1.29, 1.82) is 0 Å². The van der Waals surface area contributed by atoms with E-state index in [0.29, 0.717) is 13.0 Å². The average Bonchev–Trinajstić information content (AvgIpc) is 3.00. The summed E-state index contributed by atoms with van der Waals surface area (Å²) in [6.07, 6.45) is 2.03. The molecule has 5 nitrogen and oxygen atoms in total. The van der Waals surface area contributed by atoms with Crippen LogP contribution in [0.2, 0.25) is 0 Å². The number of hydrogen-bond donors (Lipinski definition) is 1. The van der Waals surface area contributed by atoms with E-state index in [2.05, 4.69) is 4.98 Å². The summed E-state index contributed by atoms with van der Waals surface area (Å²) in [5.74, 6) is -0.461. The number of imide groups is 1. The number of fused-ring (bicyclic) bond motifs is 1. The molecular formula is C18H22N2O3. The number of aromatic amines is 1. The van der Waals surface area contributed by atoms with Crippen LogP contribution < -0.4 is 0 Å². The predicted octanol–water partition coefficient (Wildman–Crippen LogP) is 3.73. The minimum Gasteiger partial charge on any atom is -0.443 e. The summed E-state index contributed by atoms with van der Waals surface area (Å²) in [6.45, 7) is 7.84. The summed E-state index contributed by atoms with van der Waals surface area (Å²) >= 11 is 0. The fraction of sp³-hybridized carbons (Fsp3) is 0.444. The Labute approximate surface area is 135 Å². The quantitative estimate of drug-likeness (QED) is 0.872. The van der Waals surface area contributed by atoms with Crippen molar-refractivity contribution < 1.29 is 14.3 Å². The number of nitrogens with zero attached hydrogens (tertiary/aromatic N) is 1. The summed E-state index contributed by atoms with van der Waals surface area (Å²) in [4.78, 5) is 29.2. The first kappa shape index (κ1) is 15.6. The van der Waals surface area contributed by atoms with Crippen molar-refractivity contribution in [2.75, 3.05) is 6.54 Å². The van der Waals surface area contributed by atoms with Crippen LogP contribution in [0.15, 0.2) is 24.4 Å². The van der Waals surface area contributed by atoms with E-state index < -0.39 is 11.7 Å². The van der Waals surface area contributed by atoms with Crippen LogP contribution >= 0.6 is 0 Å². The standard InChI is InChI=1S/C18H22N2O3/c1-11-10-19-15-9-12(5-6-13(11)15)14-7-8-20(16(14)21)17(22)23-18(2,3)4/h5-6,9-10,14,19H,7-8H2,1-4H3. The van der Waals surface area contributed by atoms with Crippen molar-refractivity contribution in [1.82, 2.24) is 9.88 Å². The SMILES string of the molecule is Cc1c[nH]c2cc(C3CCN(C(=O)OC(C)(C)C)C3=O)ccc12. The van der Waals surface area contributed by atoms with Crippen LogP contribution in [-0.4, -0.2) is 34.0 Å². The lowest BCUT2D eigenvalue weighted by Gasteiger charge is -2.23. The molecule has 2 amide bonds. The molecule has 3 rings (SSSR count). The van der Waals surface area contributed by atoms with Gasteiger partial charge in [-0.25, -0.2) is 9.69 Å². The van der Waals surface area contributed by atoms with Gasteiger partial charge in [-0.3, -0.25) is 4.79 Å². The van der Waals surface area contributed by atoms with E-state index in [1.54, 1.807) is 20.8 Å². The van der Waals surface area contributed by atoms with E-state index in [-0.39, 0.29) is 11.8 Å². The van der Waals surface area contributed by atoms with Crippen LogP contribution in [0.4, 0.5) is 4.79 Å². The fourth-order valence-corrected chi connectivity index (χ4v) is 2.99. The third-order valence-corrected chi connectivity index (χ3v) is 4.13. The maximum atomic E-state index is 12.6. The summed E-state index contributed by atoms with van der Waals surface area (Å²) in [5.41, 5.74) is 2.54. The van der Waals surface area contributed by atoms with Gasteiger partial charge in [-0.1, -0.05) is 12.1 Å². The highest BCUT2D eigenvalue weighted by atomic mass is 16.6. The fourth-order valence-electron chi connectivity index (χ4n) is 2.99. The molecule has 1 N–H and O–H groups in total. The smallest absolute Gasteiger partial charge is 0.417 e. The molecule has 1 aromatic heterocycles. The number of H-pyrrole nitrogens is 1. The average molecular weight is 314 g/mol. The molecule has 2 heterocycles. The van der Waals surface area contributed by atoms with Crippen LogP contribution in [0, 0.1) is 6.92 Å². The minimum absolute atomic E-state index is 0.179. The van der Waals surface area contributed by atoms with Crippen LogP contribution in [0.25, 0.3) is 10.9 Å². The zero-order chi connectivity index (χ0) is 16.8. The number of likely N-dealkylation sites (tertiary alicyclic amines) is 1. The van der Waals surface area contributed by atoms with Crippen LogP contribution in [0.1, 0.15) is 44.2 Å². The van der Waals surface area contributed by atoms with Gasteiger partial charge in [0.1, 0.15) is 5.60 Å². The Hall–Kier alpha value is -2.30. The van der Waals surface area contributed by atoms with E-state index >= 15 is 0 Å². The molecule has 1 fully saturated rings. The van der Waals surface area contributed by atoms with E-state index in [0.717, 1.165) is 16.5 Å². The Kier molecular flexibility index (Phi) is 3.66. The van der Waals surface area contributed by atoms with Gasteiger partial charge in [0, 0.05) is 23.6 Å². The molecule has 1 aliphatic rings. The monoisotopic (exact) mass is 314 g/mol. The number of aryl methyl sites for hydroxylation is 1. The van der Waals surface area contributed by atoms with Gasteiger partial charge in [0.2, 0.25) is 5.91 Å². The number of hydrogen-bond acceptors (Lipinski definition) is 3. The molecule has 1 unspecified atom stereocenters. The van der Waals surface area contributed by atoms with Gasteiger partial charge in [0.25, 0.3) is 0 Å². The molecule has 0 aliphatic carbocycles. The first-order valence-corrected chi connectivity index (χ1v) is 7.88. The van der Waals surface area contributed by atoms with Gasteiger partial charge in [0.15, 0.2) is 0 Å². The van der Waals surface area contributed by atoms with Crippen molar-refractivity contribution in [2.24, 2.45) is 0 Å². The summed E-state index contributed by atoms with van der Waals surface area (Å²) in [6, 6.07) is 6.01. The molecule has 1 saturated heterocycles. The van der Waals surface area contributed by atoms with Crippen molar-refractivity contribution >= 4 is 22.9 Å². The zero-order valence-electron chi connectivity index (χ0n) is 14.0. The topological polar surface area (TPSA) is 62.4 Å². The van der Waals surface area contributed by atoms with E-state index in [9.17, 15) is 9.59 Å². The number of carbonyl (C=O) groups is 2. The molecule has 23 heavy (non-hydrogen) atoms. The molecule has 0 bridgehead atoms. The summed E-state index contributed by atoms with van der Waals surface area (Å²) in [7, 11) is 0. The first-order valence-electron chi connectivity index (χ1n) is 7.88. The minimum atomic E-state index is -0.601. The number of rotatable bonds is 1. The van der Waals surface area contributed by atoms with Crippen LogP contribution in [-0.2, 0) is 9.53 Å². The summed E-state index contributed by atoms with van der Waals surface area (Å²) < 4.78 is 5.31. The lowest BCUT2D eigenvalue weighted by molar-refractivity contribution is -0.128. The highest BCUT2D eigenvalue weighted by molar-refractivity contribution is 5.98. The molecule has 0 radical (unpaired) electrons. The number of amides is 2. The lowest BCUT2D eigenvalue weighted by Crippen LogP contribution is -2.38. The highest BCUT2D eigenvalue weighted by Crippen LogP contribution is 2.32. The molecule has 2 aromatic rings. The van der Waals surface area contributed by atoms with Crippen LogP contribution in [0.5, 0.6) is 0 Å². The highest BCUT2D eigenvalue weighted by Gasteiger charge is 2.38. The Morgan fingerprint density at radius 3 is 2.78 bits per heavy atom. The number of ether oxygens (including phenoxy) is 1. The van der Waals surface area contributed by atoms with E-state index in [4.69, 9.17) is 4.74 Å². The van der Waals surface area contributed by atoms with Crippen molar-refractivity contribution in [3.8, 4) is 0 Å². The molecule has 1 atom stereocenters. The number of benzene rings is 1. The van der Waals surface area contributed by atoms with Crippen molar-refractivity contribution in [3.05, 3.63) is 35.5 Å². The normalized spacial score (nSPS) is 18.7. The molecule has 1 aliphatic heterocycles. The molecule has 5 heteroatoms. The second-order valence-electron chi connectivity index (χ2n) is 7.09. The molecule has 122 valence electrons. The Morgan fingerprint density at radius 2 is 2.09 bits per heavy atom. The summed E-state index contributed by atoms with van der Waals surface area (Å²) in [5, 5.41) is 1.16. The number of aromatic nitrogens is 1. The van der Waals surface area contributed by atoms with E-state index in [1.807, 2.05) is 31.3 Å². The van der Waals surface area contributed by atoms with Gasteiger partial charge >= 0.3 is 6.09 Å². The molecule has 1 aromatic carbocycles. The third kappa shape index (κ3) is 2.96.